The second kappa shape index (κ2) is 5.65. The molecular weight excluding hydrogens is 250 g/mol. The fourth-order valence-corrected chi connectivity index (χ4v) is 2.66. The van der Waals surface area contributed by atoms with Crippen LogP contribution < -0.4 is 5.73 Å². The number of alkyl halides is 2. The second-order valence-corrected chi connectivity index (χ2v) is 4.80. The topological polar surface area (TPSA) is 46.3 Å². The first-order valence-electron chi connectivity index (χ1n) is 6.47. The summed E-state index contributed by atoms with van der Waals surface area (Å²) in [6, 6.07) is 5.70. The van der Waals surface area contributed by atoms with Crippen molar-refractivity contribution in [2.24, 2.45) is 5.73 Å². The van der Waals surface area contributed by atoms with Gasteiger partial charge >= 0.3 is 0 Å². The van der Waals surface area contributed by atoms with E-state index in [1.807, 2.05) is 6.92 Å². The average Bonchev–Trinajstić information content (AvgIpc) is 2.41. The molecule has 1 aromatic rings. The fraction of sp³-hybridized carbons (Fsp3) is 0.500. The molecule has 1 amide bonds. The summed E-state index contributed by atoms with van der Waals surface area (Å²) in [5.41, 5.74) is 6.75. The maximum atomic E-state index is 12.8. The Morgan fingerprint density at radius 1 is 1.47 bits per heavy atom. The van der Waals surface area contributed by atoms with E-state index in [-0.39, 0.29) is 23.6 Å². The summed E-state index contributed by atoms with van der Waals surface area (Å²) in [5, 5.41) is 0. The Morgan fingerprint density at radius 3 is 2.84 bits per heavy atom. The number of amides is 1. The monoisotopic (exact) mass is 268 g/mol. The summed E-state index contributed by atoms with van der Waals surface area (Å²) in [6.45, 7) is 2.41. The van der Waals surface area contributed by atoms with Gasteiger partial charge in [0, 0.05) is 24.6 Å². The molecule has 1 saturated heterocycles. The number of rotatable bonds is 3. The number of hydrogen-bond donors (Lipinski definition) is 1. The normalized spacial score (nSPS) is 24.1. The molecule has 0 radical (unpaired) electrons. The fourth-order valence-electron chi connectivity index (χ4n) is 2.66. The van der Waals surface area contributed by atoms with Gasteiger partial charge in [-0.25, -0.2) is 8.78 Å². The van der Waals surface area contributed by atoms with Gasteiger partial charge in [0.05, 0.1) is 6.04 Å². The molecule has 2 atom stereocenters. The quantitative estimate of drug-likeness (QED) is 0.916. The van der Waals surface area contributed by atoms with Gasteiger partial charge in [-0.15, -0.1) is 0 Å². The van der Waals surface area contributed by atoms with E-state index >= 15 is 0 Å². The van der Waals surface area contributed by atoms with Crippen molar-refractivity contribution in [1.82, 2.24) is 4.90 Å². The standard InChI is InChI=1S/C14H18F2N2O/c1-2-18-12(19)7-6-11(17)13(18)9-4-3-5-10(8-9)14(15)16/h3-5,8,11,13-14H,2,6-7,17H2,1H3. The number of carbonyl (C=O) groups excluding carboxylic acids is 1. The van der Waals surface area contributed by atoms with Crippen LogP contribution in [0.3, 0.4) is 0 Å². The molecular formula is C14H18F2N2O. The lowest BCUT2D eigenvalue weighted by Crippen LogP contribution is -2.48. The molecule has 2 rings (SSSR count). The molecule has 1 fully saturated rings. The highest BCUT2D eigenvalue weighted by Crippen LogP contribution is 2.32. The molecule has 3 nitrogen and oxygen atoms in total. The Bertz CT molecular complexity index is 465. The van der Waals surface area contributed by atoms with Crippen molar-refractivity contribution in [3.8, 4) is 0 Å². The summed E-state index contributed by atoms with van der Waals surface area (Å²) in [5.74, 6) is 0.0386. The van der Waals surface area contributed by atoms with Crippen LogP contribution in [0.15, 0.2) is 24.3 Å². The van der Waals surface area contributed by atoms with Crippen LogP contribution in [-0.2, 0) is 4.79 Å². The Balaban J connectivity index is 2.36. The lowest BCUT2D eigenvalue weighted by atomic mass is 9.90. The highest BCUT2D eigenvalue weighted by molar-refractivity contribution is 5.77. The summed E-state index contributed by atoms with van der Waals surface area (Å²) in [6.07, 6.45) is -1.48. The number of likely N-dealkylation sites (tertiary alicyclic amines) is 1. The predicted octanol–water partition coefficient (Wildman–Crippen LogP) is 2.63. The lowest BCUT2D eigenvalue weighted by molar-refractivity contribution is -0.137. The number of nitrogens with two attached hydrogens (primary N) is 1. The first-order valence-corrected chi connectivity index (χ1v) is 6.47. The number of halogens is 2. The zero-order chi connectivity index (χ0) is 14.0. The number of likely N-dealkylation sites (N-methyl/N-ethyl adjacent to an activating group) is 1. The number of benzene rings is 1. The molecule has 5 heteroatoms. The molecule has 19 heavy (non-hydrogen) atoms. The van der Waals surface area contributed by atoms with Crippen molar-refractivity contribution >= 4 is 5.91 Å². The first kappa shape index (κ1) is 13.9. The third kappa shape index (κ3) is 2.76. The number of carbonyl (C=O) groups is 1. The van der Waals surface area contributed by atoms with Gasteiger partial charge in [-0.1, -0.05) is 18.2 Å². The molecule has 0 aromatic heterocycles. The molecule has 0 saturated carbocycles. The van der Waals surface area contributed by atoms with Gasteiger partial charge in [-0.05, 0) is 25.0 Å². The largest absolute Gasteiger partial charge is 0.334 e. The molecule has 1 heterocycles. The van der Waals surface area contributed by atoms with E-state index in [1.165, 1.54) is 12.1 Å². The van der Waals surface area contributed by atoms with Crippen LogP contribution in [-0.4, -0.2) is 23.4 Å². The minimum absolute atomic E-state index is 0.0289. The van der Waals surface area contributed by atoms with Crippen LogP contribution in [0.1, 0.15) is 43.4 Å². The first-order chi connectivity index (χ1) is 9.04. The Hall–Kier alpha value is -1.49. The highest BCUT2D eigenvalue weighted by Gasteiger charge is 2.34. The van der Waals surface area contributed by atoms with Gasteiger partial charge in [0.2, 0.25) is 5.91 Å². The van der Waals surface area contributed by atoms with Crippen LogP contribution in [0, 0.1) is 0 Å². The van der Waals surface area contributed by atoms with Crippen LogP contribution >= 0.6 is 0 Å². The number of hydrogen-bond acceptors (Lipinski definition) is 2. The van der Waals surface area contributed by atoms with E-state index in [4.69, 9.17) is 5.73 Å². The molecule has 0 bridgehead atoms. The van der Waals surface area contributed by atoms with E-state index in [1.54, 1.807) is 17.0 Å². The SMILES string of the molecule is CCN1C(=O)CCC(N)C1c1cccc(C(F)F)c1. The van der Waals surface area contributed by atoms with Crippen LogP contribution in [0.5, 0.6) is 0 Å². The molecule has 2 N–H and O–H groups in total. The van der Waals surface area contributed by atoms with Gasteiger partial charge in [-0.2, -0.15) is 0 Å². The van der Waals surface area contributed by atoms with Crippen LogP contribution in [0.2, 0.25) is 0 Å². The summed E-state index contributed by atoms with van der Waals surface area (Å²) >= 11 is 0. The van der Waals surface area contributed by atoms with E-state index < -0.39 is 6.43 Å². The van der Waals surface area contributed by atoms with E-state index in [2.05, 4.69) is 0 Å². The lowest BCUT2D eigenvalue weighted by Gasteiger charge is -2.39. The predicted molar refractivity (Wildman–Crippen MR) is 68.7 cm³/mol. The van der Waals surface area contributed by atoms with Crippen LogP contribution in [0.4, 0.5) is 8.78 Å². The minimum atomic E-state index is -2.51. The maximum Gasteiger partial charge on any atom is 0.263 e. The minimum Gasteiger partial charge on any atom is -0.334 e. The van der Waals surface area contributed by atoms with E-state index in [0.29, 0.717) is 24.9 Å². The summed E-state index contributed by atoms with van der Waals surface area (Å²) < 4.78 is 25.5. The third-order valence-electron chi connectivity index (χ3n) is 3.60. The van der Waals surface area contributed by atoms with E-state index in [9.17, 15) is 13.6 Å². The summed E-state index contributed by atoms with van der Waals surface area (Å²) in [7, 11) is 0. The zero-order valence-corrected chi connectivity index (χ0v) is 10.9. The van der Waals surface area contributed by atoms with E-state index in [0.717, 1.165) is 0 Å². The van der Waals surface area contributed by atoms with Crippen molar-refractivity contribution in [1.29, 1.82) is 0 Å². The zero-order valence-electron chi connectivity index (χ0n) is 10.9. The maximum absolute atomic E-state index is 12.8. The molecule has 2 unspecified atom stereocenters. The average molecular weight is 268 g/mol. The molecule has 0 aliphatic carbocycles. The second-order valence-electron chi connectivity index (χ2n) is 4.80. The molecule has 1 aromatic carbocycles. The van der Waals surface area contributed by atoms with Gasteiger partial charge in [0.25, 0.3) is 6.43 Å². The van der Waals surface area contributed by atoms with Crippen LogP contribution in [0.25, 0.3) is 0 Å². The Labute approximate surface area is 111 Å². The molecule has 0 spiro atoms. The van der Waals surface area contributed by atoms with Crippen molar-refractivity contribution in [2.45, 2.75) is 38.3 Å². The van der Waals surface area contributed by atoms with Crippen molar-refractivity contribution in [3.05, 3.63) is 35.4 Å². The van der Waals surface area contributed by atoms with Crippen molar-refractivity contribution in [2.75, 3.05) is 6.54 Å². The van der Waals surface area contributed by atoms with Gasteiger partial charge in [0.15, 0.2) is 0 Å². The van der Waals surface area contributed by atoms with Gasteiger partial charge in [0.1, 0.15) is 0 Å². The number of nitrogens with zero attached hydrogens (tertiary/aromatic N) is 1. The third-order valence-corrected chi connectivity index (χ3v) is 3.60. The molecule has 1 aliphatic rings. The Morgan fingerprint density at radius 2 is 2.21 bits per heavy atom. The van der Waals surface area contributed by atoms with Gasteiger partial charge < -0.3 is 10.6 Å². The highest BCUT2D eigenvalue weighted by atomic mass is 19.3. The van der Waals surface area contributed by atoms with Gasteiger partial charge in [-0.3, -0.25) is 4.79 Å². The van der Waals surface area contributed by atoms with Crippen molar-refractivity contribution in [3.63, 3.8) is 0 Å². The van der Waals surface area contributed by atoms with Crippen molar-refractivity contribution < 1.29 is 13.6 Å². The Kier molecular flexibility index (Phi) is 4.14. The molecule has 104 valence electrons. The molecule has 1 aliphatic heterocycles. The number of piperidine rings is 1. The smallest absolute Gasteiger partial charge is 0.263 e. The summed E-state index contributed by atoms with van der Waals surface area (Å²) in [4.78, 5) is 13.6.